The number of carbonyl (C=O) groups is 3. The molecule has 0 radical (unpaired) electrons. The minimum Gasteiger partial charge on any atom is -0.452 e. The standard InChI is InChI=1S/C13H12N4O4/c1-14-13(20)17-11(18)7-21-12(19)8-2-3-9-10(6-8)16-5-4-15-9/h2-6H,7H2,1H3,(H2,14,17,18,20). The van der Waals surface area contributed by atoms with E-state index in [1.807, 2.05) is 5.32 Å². The van der Waals surface area contributed by atoms with Gasteiger partial charge < -0.3 is 10.1 Å². The zero-order valence-electron chi connectivity index (χ0n) is 11.1. The number of benzene rings is 1. The molecule has 2 aromatic rings. The predicted octanol–water partition coefficient (Wildman–Crippen LogP) is 0.242. The number of hydrogen-bond donors (Lipinski definition) is 2. The SMILES string of the molecule is CNC(=O)NC(=O)COC(=O)c1ccc2nccnc2c1. The highest BCUT2D eigenvalue weighted by Gasteiger charge is 2.12. The summed E-state index contributed by atoms with van der Waals surface area (Å²) in [5.41, 5.74) is 1.43. The Morgan fingerprint density at radius 3 is 2.57 bits per heavy atom. The Morgan fingerprint density at radius 2 is 1.86 bits per heavy atom. The van der Waals surface area contributed by atoms with E-state index >= 15 is 0 Å². The average molecular weight is 288 g/mol. The Kier molecular flexibility index (Phi) is 4.39. The third-order valence-corrected chi connectivity index (χ3v) is 2.52. The lowest BCUT2D eigenvalue weighted by atomic mass is 10.2. The van der Waals surface area contributed by atoms with Gasteiger partial charge >= 0.3 is 12.0 Å². The van der Waals surface area contributed by atoms with Crippen LogP contribution in [-0.2, 0) is 9.53 Å². The van der Waals surface area contributed by atoms with E-state index < -0.39 is 24.5 Å². The van der Waals surface area contributed by atoms with Gasteiger partial charge in [-0.3, -0.25) is 20.1 Å². The highest BCUT2D eigenvalue weighted by molar-refractivity contribution is 5.97. The normalized spacial score (nSPS) is 9.95. The van der Waals surface area contributed by atoms with Crippen LogP contribution in [0.4, 0.5) is 4.79 Å². The van der Waals surface area contributed by atoms with Gasteiger partial charge in [0.1, 0.15) is 0 Å². The molecule has 8 nitrogen and oxygen atoms in total. The number of esters is 1. The van der Waals surface area contributed by atoms with Gasteiger partial charge in [-0.05, 0) is 18.2 Å². The first-order valence-electron chi connectivity index (χ1n) is 5.99. The number of amides is 3. The molecule has 0 bridgehead atoms. The van der Waals surface area contributed by atoms with Gasteiger partial charge in [-0.2, -0.15) is 0 Å². The quantitative estimate of drug-likeness (QED) is 0.783. The molecule has 1 heterocycles. The molecule has 0 fully saturated rings. The molecule has 2 rings (SSSR count). The zero-order chi connectivity index (χ0) is 15.2. The van der Waals surface area contributed by atoms with Crippen LogP contribution in [0, 0.1) is 0 Å². The molecular formula is C13H12N4O4. The van der Waals surface area contributed by atoms with Crippen molar-refractivity contribution >= 4 is 28.9 Å². The first kappa shape index (κ1) is 14.4. The van der Waals surface area contributed by atoms with E-state index in [2.05, 4.69) is 15.3 Å². The molecule has 21 heavy (non-hydrogen) atoms. The number of nitrogens with zero attached hydrogens (tertiary/aromatic N) is 2. The zero-order valence-corrected chi connectivity index (χ0v) is 11.1. The molecule has 0 saturated heterocycles. The minimum atomic E-state index is -0.719. The smallest absolute Gasteiger partial charge is 0.338 e. The van der Waals surface area contributed by atoms with Gasteiger partial charge in [0.2, 0.25) is 0 Å². The van der Waals surface area contributed by atoms with E-state index in [4.69, 9.17) is 4.74 Å². The number of nitrogens with one attached hydrogen (secondary N) is 2. The van der Waals surface area contributed by atoms with E-state index in [9.17, 15) is 14.4 Å². The summed E-state index contributed by atoms with van der Waals surface area (Å²) in [4.78, 5) is 42.1. The molecule has 0 atom stereocenters. The van der Waals surface area contributed by atoms with Gasteiger partial charge in [0.15, 0.2) is 6.61 Å². The fourth-order valence-electron chi connectivity index (χ4n) is 1.53. The van der Waals surface area contributed by atoms with Gasteiger partial charge in [-0.15, -0.1) is 0 Å². The van der Waals surface area contributed by atoms with Crippen molar-refractivity contribution in [1.82, 2.24) is 20.6 Å². The maximum Gasteiger partial charge on any atom is 0.338 e. The average Bonchev–Trinajstić information content (AvgIpc) is 2.51. The lowest BCUT2D eigenvalue weighted by Crippen LogP contribution is -2.39. The fourth-order valence-corrected chi connectivity index (χ4v) is 1.53. The van der Waals surface area contributed by atoms with Crippen LogP contribution in [0.5, 0.6) is 0 Å². The van der Waals surface area contributed by atoms with Crippen LogP contribution in [0.3, 0.4) is 0 Å². The van der Waals surface area contributed by atoms with Crippen LogP contribution in [0.15, 0.2) is 30.6 Å². The first-order valence-corrected chi connectivity index (χ1v) is 5.99. The second-order valence-electron chi connectivity index (χ2n) is 3.96. The van der Waals surface area contributed by atoms with Crippen LogP contribution in [0.25, 0.3) is 11.0 Å². The van der Waals surface area contributed by atoms with Crippen molar-refractivity contribution in [2.75, 3.05) is 13.7 Å². The molecule has 0 spiro atoms. The second kappa shape index (κ2) is 6.42. The van der Waals surface area contributed by atoms with E-state index in [1.165, 1.54) is 25.4 Å². The molecule has 3 amide bonds. The van der Waals surface area contributed by atoms with Crippen LogP contribution in [0.1, 0.15) is 10.4 Å². The number of ether oxygens (including phenoxy) is 1. The van der Waals surface area contributed by atoms with Crippen LogP contribution in [0.2, 0.25) is 0 Å². The number of hydrogen-bond acceptors (Lipinski definition) is 6. The third kappa shape index (κ3) is 3.72. The number of aromatic nitrogens is 2. The van der Waals surface area contributed by atoms with Gasteiger partial charge in [0.25, 0.3) is 5.91 Å². The van der Waals surface area contributed by atoms with Crippen molar-refractivity contribution in [2.24, 2.45) is 0 Å². The molecule has 0 saturated carbocycles. The van der Waals surface area contributed by atoms with E-state index in [-0.39, 0.29) is 5.56 Å². The number of fused-ring (bicyclic) bond motifs is 1. The largest absolute Gasteiger partial charge is 0.452 e. The van der Waals surface area contributed by atoms with Gasteiger partial charge in [-0.25, -0.2) is 9.59 Å². The summed E-state index contributed by atoms with van der Waals surface area (Å²) in [5, 5.41) is 4.19. The van der Waals surface area contributed by atoms with E-state index in [0.717, 1.165) is 0 Å². The maximum absolute atomic E-state index is 11.8. The Labute approximate surface area is 119 Å². The summed E-state index contributed by atoms with van der Waals surface area (Å²) in [6.07, 6.45) is 3.05. The summed E-state index contributed by atoms with van der Waals surface area (Å²) in [6, 6.07) is 4.00. The molecular weight excluding hydrogens is 276 g/mol. The third-order valence-electron chi connectivity index (χ3n) is 2.52. The highest BCUT2D eigenvalue weighted by atomic mass is 16.5. The number of carbonyl (C=O) groups excluding carboxylic acids is 3. The van der Waals surface area contributed by atoms with Gasteiger partial charge in [0.05, 0.1) is 16.6 Å². The number of imide groups is 1. The Hall–Kier alpha value is -3.03. The van der Waals surface area contributed by atoms with Gasteiger partial charge in [0, 0.05) is 19.4 Å². The molecule has 0 unspecified atom stereocenters. The second-order valence-corrected chi connectivity index (χ2v) is 3.96. The summed E-state index contributed by atoms with van der Waals surface area (Å²) in [7, 11) is 1.37. The number of rotatable bonds is 3. The van der Waals surface area contributed by atoms with Crippen molar-refractivity contribution in [3.8, 4) is 0 Å². The molecule has 0 aliphatic heterocycles. The molecule has 2 N–H and O–H groups in total. The van der Waals surface area contributed by atoms with E-state index in [0.29, 0.717) is 11.0 Å². The molecule has 0 aliphatic rings. The van der Waals surface area contributed by atoms with Crippen molar-refractivity contribution in [2.45, 2.75) is 0 Å². The maximum atomic E-state index is 11.8. The van der Waals surface area contributed by atoms with Crippen molar-refractivity contribution in [3.05, 3.63) is 36.2 Å². The van der Waals surface area contributed by atoms with E-state index in [1.54, 1.807) is 12.3 Å². The molecule has 1 aromatic heterocycles. The lowest BCUT2D eigenvalue weighted by molar-refractivity contribution is -0.123. The Balaban J connectivity index is 1.99. The minimum absolute atomic E-state index is 0.246. The summed E-state index contributed by atoms with van der Waals surface area (Å²) in [5.74, 6) is -1.40. The number of urea groups is 1. The molecule has 0 aliphatic carbocycles. The van der Waals surface area contributed by atoms with Crippen LogP contribution in [-0.4, -0.2) is 41.5 Å². The van der Waals surface area contributed by atoms with Crippen LogP contribution < -0.4 is 10.6 Å². The Bertz CT molecular complexity index is 701. The van der Waals surface area contributed by atoms with Crippen LogP contribution >= 0.6 is 0 Å². The summed E-state index contributed by atoms with van der Waals surface area (Å²) < 4.78 is 4.81. The van der Waals surface area contributed by atoms with Crippen molar-refractivity contribution in [3.63, 3.8) is 0 Å². The molecule has 1 aromatic carbocycles. The first-order chi connectivity index (χ1) is 10.1. The monoisotopic (exact) mass is 288 g/mol. The lowest BCUT2D eigenvalue weighted by Gasteiger charge is -2.05. The predicted molar refractivity (Wildman–Crippen MR) is 72.4 cm³/mol. The molecule has 8 heteroatoms. The Morgan fingerprint density at radius 1 is 1.14 bits per heavy atom. The topological polar surface area (TPSA) is 110 Å². The summed E-state index contributed by atoms with van der Waals surface area (Å²) >= 11 is 0. The van der Waals surface area contributed by atoms with Gasteiger partial charge in [-0.1, -0.05) is 0 Å². The molecule has 108 valence electrons. The highest BCUT2D eigenvalue weighted by Crippen LogP contribution is 2.11. The fraction of sp³-hybridized carbons (Fsp3) is 0.154. The van der Waals surface area contributed by atoms with Crippen molar-refractivity contribution in [1.29, 1.82) is 0 Å². The summed E-state index contributed by atoms with van der Waals surface area (Å²) in [6.45, 7) is -0.551. The van der Waals surface area contributed by atoms with Crippen molar-refractivity contribution < 1.29 is 19.1 Å².